The molecule has 3 aromatic rings. The summed E-state index contributed by atoms with van der Waals surface area (Å²) in [5.74, 6) is -0.797. The monoisotopic (exact) mass is 375 g/mol. The normalized spacial score (nSPS) is 13.0. The lowest BCUT2D eigenvalue weighted by Gasteiger charge is -2.22. The van der Waals surface area contributed by atoms with E-state index >= 15 is 0 Å². The van der Waals surface area contributed by atoms with Crippen LogP contribution in [0.25, 0.3) is 11.0 Å². The van der Waals surface area contributed by atoms with E-state index in [9.17, 15) is 8.78 Å². The Labute approximate surface area is 156 Å². The maximum atomic E-state index is 13.4. The van der Waals surface area contributed by atoms with Gasteiger partial charge in [0.2, 0.25) is 5.95 Å². The van der Waals surface area contributed by atoms with Crippen molar-refractivity contribution in [2.45, 2.75) is 32.4 Å². The Morgan fingerprint density at radius 1 is 1.19 bits per heavy atom. The third-order valence-electron chi connectivity index (χ3n) is 3.94. The van der Waals surface area contributed by atoms with Crippen LogP contribution in [0.15, 0.2) is 24.4 Å². The maximum absolute atomic E-state index is 13.4. The molecule has 0 amide bonds. The van der Waals surface area contributed by atoms with Crippen molar-refractivity contribution in [2.75, 3.05) is 17.2 Å². The summed E-state index contributed by atoms with van der Waals surface area (Å²) >= 11 is 0. The molecule has 0 unspecified atom stereocenters. The second-order valence-electron chi connectivity index (χ2n) is 7.44. The van der Waals surface area contributed by atoms with Gasteiger partial charge >= 0.3 is 0 Å². The van der Waals surface area contributed by atoms with Gasteiger partial charge in [-0.05, 0) is 38.5 Å². The average molecular weight is 375 g/mol. The number of hydrogen-bond donors (Lipinski definition) is 3. The molecule has 4 N–H and O–H groups in total. The number of rotatable bonds is 5. The highest BCUT2D eigenvalue weighted by Crippen LogP contribution is 2.24. The lowest BCUT2D eigenvalue weighted by atomic mass is 10.1. The van der Waals surface area contributed by atoms with Gasteiger partial charge < -0.3 is 16.4 Å². The zero-order chi connectivity index (χ0) is 19.8. The van der Waals surface area contributed by atoms with Gasteiger partial charge in [0.1, 0.15) is 5.82 Å². The van der Waals surface area contributed by atoms with Crippen LogP contribution < -0.4 is 16.4 Å². The van der Waals surface area contributed by atoms with Crippen molar-refractivity contribution in [2.24, 2.45) is 12.8 Å². The number of hydrogen-bond acceptors (Lipinski definition) is 6. The highest BCUT2D eigenvalue weighted by molar-refractivity contribution is 5.87. The fourth-order valence-corrected chi connectivity index (χ4v) is 2.61. The van der Waals surface area contributed by atoms with Gasteiger partial charge in [-0.2, -0.15) is 15.1 Å². The summed E-state index contributed by atoms with van der Waals surface area (Å²) in [5.41, 5.74) is 7.04. The summed E-state index contributed by atoms with van der Waals surface area (Å²) in [4.78, 5) is 8.99. The number of aryl methyl sites for hydroxylation is 1. The number of anilines is 2. The number of halogens is 2. The van der Waals surface area contributed by atoms with Crippen molar-refractivity contribution in [1.82, 2.24) is 19.7 Å². The number of nitrogens with two attached hydrogens (primary N) is 1. The molecule has 2 heterocycles. The summed E-state index contributed by atoms with van der Waals surface area (Å²) in [6, 6.07) is 3.07. The molecule has 0 aliphatic heterocycles. The molecular formula is C18H23F2N7. The number of aromatic nitrogens is 4. The molecule has 3 rings (SSSR count). The van der Waals surface area contributed by atoms with Crippen LogP contribution in [0, 0.1) is 11.6 Å². The van der Waals surface area contributed by atoms with E-state index in [0.29, 0.717) is 23.0 Å². The Kier molecular flexibility index (Phi) is 4.97. The highest BCUT2D eigenvalue weighted by Gasteiger charge is 2.17. The van der Waals surface area contributed by atoms with Gasteiger partial charge in [-0.25, -0.2) is 8.78 Å². The maximum Gasteiger partial charge on any atom is 0.226 e. The lowest BCUT2D eigenvalue weighted by Crippen LogP contribution is -2.27. The molecule has 0 saturated heterocycles. The fraction of sp³-hybridized carbons (Fsp3) is 0.389. The SMILES string of the molecule is Cn1ncc2c(NC(C)(C)C)nc(NC[C@H](N)c3ccc(F)c(F)c3)nc21. The molecule has 0 spiro atoms. The van der Waals surface area contributed by atoms with Gasteiger partial charge in [-0.15, -0.1) is 0 Å². The van der Waals surface area contributed by atoms with Crippen LogP contribution in [0.3, 0.4) is 0 Å². The number of nitrogens with one attached hydrogen (secondary N) is 2. The Morgan fingerprint density at radius 2 is 1.93 bits per heavy atom. The summed E-state index contributed by atoms with van der Waals surface area (Å²) in [6.45, 7) is 6.35. The Bertz CT molecular complexity index is 962. The molecule has 1 atom stereocenters. The van der Waals surface area contributed by atoms with Gasteiger partial charge in [0, 0.05) is 25.2 Å². The number of fused-ring (bicyclic) bond motifs is 1. The Morgan fingerprint density at radius 3 is 2.59 bits per heavy atom. The quantitative estimate of drug-likeness (QED) is 0.635. The van der Waals surface area contributed by atoms with Gasteiger partial charge in [0.05, 0.1) is 11.6 Å². The van der Waals surface area contributed by atoms with Crippen molar-refractivity contribution in [3.8, 4) is 0 Å². The minimum Gasteiger partial charge on any atom is -0.365 e. The van der Waals surface area contributed by atoms with Gasteiger partial charge in [0.15, 0.2) is 17.3 Å². The van der Waals surface area contributed by atoms with Gasteiger partial charge in [-0.3, -0.25) is 4.68 Å². The first-order valence-electron chi connectivity index (χ1n) is 8.56. The standard InChI is InChI=1S/C18H23F2N7/c1-18(2,3)26-15-11-8-23-27(4)16(11)25-17(24-15)22-9-14(21)10-5-6-12(19)13(20)7-10/h5-8,14H,9,21H2,1-4H3,(H2,22,24,25,26)/t14-/m0/s1. The first-order chi connectivity index (χ1) is 12.6. The first kappa shape index (κ1) is 19.0. The largest absolute Gasteiger partial charge is 0.365 e. The van der Waals surface area contributed by atoms with Crippen LogP contribution >= 0.6 is 0 Å². The second-order valence-corrected chi connectivity index (χ2v) is 7.44. The van der Waals surface area contributed by atoms with Crippen LogP contribution in [-0.4, -0.2) is 31.8 Å². The topological polar surface area (TPSA) is 93.7 Å². The van der Waals surface area contributed by atoms with Crippen molar-refractivity contribution in [3.63, 3.8) is 0 Å². The van der Waals surface area contributed by atoms with E-state index in [2.05, 4.69) is 25.7 Å². The van der Waals surface area contributed by atoms with E-state index in [1.165, 1.54) is 6.07 Å². The molecule has 7 nitrogen and oxygen atoms in total. The minimum atomic E-state index is -0.924. The van der Waals surface area contributed by atoms with Crippen LogP contribution in [0.5, 0.6) is 0 Å². The number of nitrogens with zero attached hydrogens (tertiary/aromatic N) is 4. The average Bonchev–Trinajstić information content (AvgIpc) is 2.95. The minimum absolute atomic E-state index is 0.198. The van der Waals surface area contributed by atoms with Crippen molar-refractivity contribution in [1.29, 1.82) is 0 Å². The van der Waals surface area contributed by atoms with Crippen molar-refractivity contribution in [3.05, 3.63) is 41.6 Å². The van der Waals surface area contributed by atoms with Crippen LogP contribution in [0.1, 0.15) is 32.4 Å². The van der Waals surface area contributed by atoms with E-state index in [1.807, 2.05) is 20.8 Å². The molecule has 0 aliphatic carbocycles. The molecule has 1 aromatic carbocycles. The van der Waals surface area contributed by atoms with Crippen LogP contribution in [0.2, 0.25) is 0 Å². The third-order valence-corrected chi connectivity index (χ3v) is 3.94. The van der Waals surface area contributed by atoms with E-state index in [1.54, 1.807) is 17.9 Å². The summed E-state index contributed by atoms with van der Waals surface area (Å²) in [7, 11) is 1.80. The third kappa shape index (κ3) is 4.30. The zero-order valence-corrected chi connectivity index (χ0v) is 15.7. The molecule has 0 aliphatic rings. The summed E-state index contributed by atoms with van der Waals surface area (Å²) in [5, 5.41) is 11.5. The first-order valence-corrected chi connectivity index (χ1v) is 8.56. The lowest BCUT2D eigenvalue weighted by molar-refractivity contribution is 0.505. The van der Waals surface area contributed by atoms with Crippen LogP contribution in [-0.2, 0) is 7.05 Å². The van der Waals surface area contributed by atoms with E-state index in [-0.39, 0.29) is 12.1 Å². The van der Waals surface area contributed by atoms with E-state index < -0.39 is 17.7 Å². The molecule has 0 bridgehead atoms. The summed E-state index contributed by atoms with van der Waals surface area (Å²) < 4.78 is 28.1. The molecule has 9 heteroatoms. The van der Waals surface area contributed by atoms with Gasteiger partial charge in [-0.1, -0.05) is 6.07 Å². The molecule has 0 saturated carbocycles. The predicted molar refractivity (Wildman–Crippen MR) is 101 cm³/mol. The Balaban J connectivity index is 1.83. The predicted octanol–water partition coefficient (Wildman–Crippen LogP) is 2.96. The fourth-order valence-electron chi connectivity index (χ4n) is 2.61. The Hall–Kier alpha value is -2.81. The molecular weight excluding hydrogens is 352 g/mol. The molecule has 0 radical (unpaired) electrons. The number of benzene rings is 1. The molecule has 0 fully saturated rings. The molecule has 144 valence electrons. The molecule has 27 heavy (non-hydrogen) atoms. The van der Waals surface area contributed by atoms with Crippen LogP contribution in [0.4, 0.5) is 20.5 Å². The van der Waals surface area contributed by atoms with Crippen molar-refractivity contribution < 1.29 is 8.78 Å². The smallest absolute Gasteiger partial charge is 0.226 e. The zero-order valence-electron chi connectivity index (χ0n) is 15.7. The van der Waals surface area contributed by atoms with Crippen molar-refractivity contribution >= 4 is 22.8 Å². The van der Waals surface area contributed by atoms with Gasteiger partial charge in [0.25, 0.3) is 0 Å². The van der Waals surface area contributed by atoms with E-state index in [4.69, 9.17) is 5.73 Å². The second kappa shape index (κ2) is 7.07. The highest BCUT2D eigenvalue weighted by atomic mass is 19.2. The molecule has 2 aromatic heterocycles. The van der Waals surface area contributed by atoms with E-state index in [0.717, 1.165) is 17.5 Å². The summed E-state index contributed by atoms with van der Waals surface area (Å²) in [6.07, 6.45) is 1.71.